The summed E-state index contributed by atoms with van der Waals surface area (Å²) in [6.07, 6.45) is 38.5. The zero-order valence-electron chi connectivity index (χ0n) is 39.3. The number of esters is 2. The first-order chi connectivity index (χ1) is 26.9. The number of carbonyl (C=O) groups is 2. The second-order valence-corrected chi connectivity index (χ2v) is 19.7. The monoisotopic (exact) mass is 793 g/mol. The van der Waals surface area contributed by atoms with Crippen molar-refractivity contribution < 1.29 is 24.2 Å². The topological polar surface area (TPSA) is 72.8 Å². The average molecular weight is 793 g/mol. The van der Waals surface area contributed by atoms with Gasteiger partial charge in [0.2, 0.25) is 0 Å². The smallest absolute Gasteiger partial charge is 0.305 e. The Labute approximate surface area is 350 Å². The molecule has 0 spiro atoms. The molecule has 5 heteroatoms. The average Bonchev–Trinajstić information content (AvgIpc) is 3.16. The Balaban J connectivity index is 4.41. The van der Waals surface area contributed by atoms with Crippen molar-refractivity contribution in [1.29, 1.82) is 0 Å². The van der Waals surface area contributed by atoms with E-state index in [2.05, 4.69) is 55.4 Å². The fraction of sp³-hybridized carbons (Fsp3) is 0.961. The van der Waals surface area contributed by atoms with Crippen molar-refractivity contribution in [2.24, 2.45) is 22.7 Å². The summed E-state index contributed by atoms with van der Waals surface area (Å²) in [6, 6.07) is 0. The van der Waals surface area contributed by atoms with E-state index in [0.717, 1.165) is 51.4 Å². The second kappa shape index (κ2) is 36.9. The van der Waals surface area contributed by atoms with Crippen LogP contribution in [0.4, 0.5) is 0 Å². The third kappa shape index (κ3) is 36.0. The van der Waals surface area contributed by atoms with E-state index in [1.54, 1.807) is 0 Å². The van der Waals surface area contributed by atoms with Gasteiger partial charge in [-0.15, -0.1) is 0 Å². The van der Waals surface area contributed by atoms with E-state index in [-0.39, 0.29) is 28.9 Å². The molecule has 1 N–H and O–H groups in total. The highest BCUT2D eigenvalue weighted by molar-refractivity contribution is 5.69. The molecule has 56 heavy (non-hydrogen) atoms. The first-order valence-electron chi connectivity index (χ1n) is 24.9. The zero-order valence-corrected chi connectivity index (χ0v) is 39.3. The molecular weight excluding hydrogens is 693 g/mol. The van der Waals surface area contributed by atoms with Crippen LogP contribution < -0.4 is 0 Å². The van der Waals surface area contributed by atoms with Crippen molar-refractivity contribution in [3.05, 3.63) is 0 Å². The fourth-order valence-electron chi connectivity index (χ4n) is 8.24. The van der Waals surface area contributed by atoms with E-state index in [1.165, 1.54) is 154 Å². The molecule has 0 saturated heterocycles. The Morgan fingerprint density at radius 3 is 0.982 bits per heavy atom. The van der Waals surface area contributed by atoms with Crippen molar-refractivity contribution in [3.63, 3.8) is 0 Å². The molecule has 0 bridgehead atoms. The van der Waals surface area contributed by atoms with Crippen molar-refractivity contribution >= 4 is 11.9 Å². The Hall–Kier alpha value is -1.10. The Kier molecular flexibility index (Phi) is 36.2. The second-order valence-electron chi connectivity index (χ2n) is 19.7. The number of carbonyl (C=O) groups excluding carboxylic acids is 2. The van der Waals surface area contributed by atoms with Crippen LogP contribution in [0.25, 0.3) is 0 Å². The predicted molar refractivity (Wildman–Crippen MR) is 242 cm³/mol. The Bertz CT molecular complexity index is 784. The minimum Gasteiger partial charge on any atom is -0.465 e. The van der Waals surface area contributed by atoms with Gasteiger partial charge in [0.05, 0.1) is 19.3 Å². The maximum Gasteiger partial charge on any atom is 0.305 e. The quantitative estimate of drug-likeness (QED) is 0.0492. The van der Waals surface area contributed by atoms with Crippen LogP contribution in [0.3, 0.4) is 0 Å². The van der Waals surface area contributed by atoms with Gasteiger partial charge in [-0.3, -0.25) is 9.59 Å². The molecular formula is C51H100O5. The number of aliphatic hydroxyl groups excluding tert-OH is 1. The lowest BCUT2D eigenvalue weighted by Gasteiger charge is -2.26. The normalized spacial score (nSPS) is 12.4. The summed E-state index contributed by atoms with van der Waals surface area (Å²) in [5.74, 6) is 0.930. The van der Waals surface area contributed by atoms with Crippen LogP contribution in [0, 0.1) is 22.7 Å². The Morgan fingerprint density at radius 2 is 0.696 bits per heavy atom. The largest absolute Gasteiger partial charge is 0.465 e. The molecule has 0 aromatic heterocycles. The molecule has 0 fully saturated rings. The molecule has 0 unspecified atom stereocenters. The van der Waals surface area contributed by atoms with Crippen molar-refractivity contribution in [2.45, 2.75) is 280 Å². The SMILES string of the molecule is CCCCCCCC(CCCCCCC)COC(=O)CCC(C)(C)CCCC(O)CCCC(C)(C)CCC(=O)OCC(CCCCCCC)CCCCCCC. The van der Waals surface area contributed by atoms with Gasteiger partial charge in [0.15, 0.2) is 0 Å². The van der Waals surface area contributed by atoms with E-state index in [4.69, 9.17) is 9.47 Å². The molecule has 0 aliphatic heterocycles. The lowest BCUT2D eigenvalue weighted by molar-refractivity contribution is -0.146. The van der Waals surface area contributed by atoms with E-state index in [0.29, 0.717) is 37.9 Å². The van der Waals surface area contributed by atoms with Crippen LogP contribution in [0.2, 0.25) is 0 Å². The number of unbranched alkanes of at least 4 members (excludes halogenated alkanes) is 16. The molecule has 0 aliphatic carbocycles. The fourth-order valence-corrected chi connectivity index (χ4v) is 8.24. The first kappa shape index (κ1) is 54.9. The highest BCUT2D eigenvalue weighted by Gasteiger charge is 2.23. The third-order valence-electron chi connectivity index (χ3n) is 12.6. The van der Waals surface area contributed by atoms with E-state index in [1.807, 2.05) is 0 Å². The van der Waals surface area contributed by atoms with Gasteiger partial charge in [-0.25, -0.2) is 0 Å². The van der Waals surface area contributed by atoms with Crippen molar-refractivity contribution in [2.75, 3.05) is 13.2 Å². The summed E-state index contributed by atoms with van der Waals surface area (Å²) < 4.78 is 11.7. The van der Waals surface area contributed by atoms with Crippen molar-refractivity contribution in [3.8, 4) is 0 Å². The van der Waals surface area contributed by atoms with Gasteiger partial charge in [-0.2, -0.15) is 0 Å². The molecule has 0 saturated carbocycles. The van der Waals surface area contributed by atoms with Crippen LogP contribution in [-0.4, -0.2) is 36.4 Å². The minimum atomic E-state index is -0.293. The summed E-state index contributed by atoms with van der Waals surface area (Å²) in [6.45, 7) is 19.2. The van der Waals surface area contributed by atoms with Crippen molar-refractivity contribution in [1.82, 2.24) is 0 Å². The van der Waals surface area contributed by atoms with Crippen LogP contribution in [0.5, 0.6) is 0 Å². The predicted octanol–water partition coefficient (Wildman–Crippen LogP) is 16.1. The molecule has 0 aromatic rings. The molecule has 0 amide bonds. The molecule has 5 nitrogen and oxygen atoms in total. The summed E-state index contributed by atoms with van der Waals surface area (Å²) in [7, 11) is 0. The lowest BCUT2D eigenvalue weighted by atomic mass is 9.81. The van der Waals surface area contributed by atoms with Gasteiger partial charge in [0, 0.05) is 12.8 Å². The summed E-state index contributed by atoms with van der Waals surface area (Å²) >= 11 is 0. The third-order valence-corrected chi connectivity index (χ3v) is 12.6. The molecule has 0 rings (SSSR count). The maximum atomic E-state index is 12.8. The van der Waals surface area contributed by atoms with E-state index < -0.39 is 0 Å². The van der Waals surface area contributed by atoms with Crippen LogP contribution >= 0.6 is 0 Å². The number of hydrogen-bond donors (Lipinski definition) is 1. The summed E-state index contributed by atoms with van der Waals surface area (Å²) in [4.78, 5) is 25.6. The molecule has 0 aliphatic rings. The van der Waals surface area contributed by atoms with E-state index >= 15 is 0 Å². The lowest BCUT2D eigenvalue weighted by Crippen LogP contribution is -2.19. The summed E-state index contributed by atoms with van der Waals surface area (Å²) in [5.41, 5.74) is 0.104. The van der Waals surface area contributed by atoms with E-state index in [9.17, 15) is 14.7 Å². The number of hydrogen-bond acceptors (Lipinski definition) is 5. The van der Waals surface area contributed by atoms with Gasteiger partial charge >= 0.3 is 11.9 Å². The molecule has 0 aromatic carbocycles. The summed E-state index contributed by atoms with van der Waals surface area (Å²) in [5, 5.41) is 10.8. The molecule has 0 atom stereocenters. The highest BCUT2D eigenvalue weighted by atomic mass is 16.5. The molecule has 0 heterocycles. The van der Waals surface area contributed by atoms with Gasteiger partial charge in [-0.05, 0) is 86.9 Å². The van der Waals surface area contributed by atoms with Gasteiger partial charge in [-0.1, -0.05) is 197 Å². The molecule has 0 radical (unpaired) electrons. The molecule has 334 valence electrons. The number of ether oxygens (including phenoxy) is 2. The van der Waals surface area contributed by atoms with Gasteiger partial charge in [0.25, 0.3) is 0 Å². The number of rotatable bonds is 42. The maximum absolute atomic E-state index is 12.8. The van der Waals surface area contributed by atoms with Gasteiger partial charge < -0.3 is 14.6 Å². The van der Waals surface area contributed by atoms with Crippen LogP contribution in [-0.2, 0) is 19.1 Å². The Morgan fingerprint density at radius 1 is 0.411 bits per heavy atom. The van der Waals surface area contributed by atoms with Crippen LogP contribution in [0.15, 0.2) is 0 Å². The zero-order chi connectivity index (χ0) is 41.8. The number of aliphatic hydroxyl groups is 1. The van der Waals surface area contributed by atoms with Gasteiger partial charge in [0.1, 0.15) is 0 Å². The van der Waals surface area contributed by atoms with Crippen LogP contribution in [0.1, 0.15) is 274 Å². The minimum absolute atomic E-state index is 0.0403. The highest BCUT2D eigenvalue weighted by Crippen LogP contribution is 2.32. The standard InChI is InChI=1S/C51H100O5/c1-9-13-17-21-25-31-45(32-26-22-18-14-10-2)43-55-48(53)37-41-50(5,6)39-29-35-47(52)36-30-40-51(7,8)42-38-49(54)56-44-46(33-27-23-19-15-11-3)34-28-24-20-16-12-4/h45-47,52H,9-44H2,1-8H3. The first-order valence-corrected chi connectivity index (χ1v) is 24.9.